The van der Waals surface area contributed by atoms with Gasteiger partial charge in [-0.25, -0.2) is 14.5 Å². The quantitative estimate of drug-likeness (QED) is 0.532. The van der Waals surface area contributed by atoms with Crippen LogP contribution in [0, 0.1) is 6.92 Å². The molecule has 7 heteroatoms. The average Bonchev–Trinajstić information content (AvgIpc) is 2.99. The van der Waals surface area contributed by atoms with E-state index in [9.17, 15) is 4.79 Å². The fraction of sp³-hybridized carbons (Fsp3) is 0.133. The summed E-state index contributed by atoms with van der Waals surface area (Å²) in [6, 6.07) is 3.91. The van der Waals surface area contributed by atoms with Gasteiger partial charge in [0.25, 0.3) is 0 Å². The zero-order valence-corrected chi connectivity index (χ0v) is 13.7. The Morgan fingerprint density at radius 1 is 1.50 bits per heavy atom. The molecule has 0 unspecified atom stereocenters. The van der Waals surface area contributed by atoms with Crippen molar-refractivity contribution in [3.8, 4) is 11.6 Å². The first-order chi connectivity index (χ1) is 10.5. The van der Waals surface area contributed by atoms with Crippen LogP contribution >= 0.6 is 15.9 Å². The standard InChI is InChI=1S/C15H13BrN4O2/c1-4-12(21)22-13-9(2)18-19(3)15(13)20-6-5-10-7-11(16)8-17-14(10)20/h4-8H,1H2,2-3H3. The molecule has 0 spiro atoms. The maximum absolute atomic E-state index is 11.6. The van der Waals surface area contributed by atoms with Crippen LogP contribution in [0.5, 0.6) is 5.75 Å². The highest BCUT2D eigenvalue weighted by atomic mass is 79.9. The first-order valence-corrected chi connectivity index (χ1v) is 7.31. The highest BCUT2D eigenvalue weighted by molar-refractivity contribution is 9.10. The zero-order chi connectivity index (χ0) is 15.9. The first-order valence-electron chi connectivity index (χ1n) is 6.52. The fourth-order valence-corrected chi connectivity index (χ4v) is 2.67. The van der Waals surface area contributed by atoms with Gasteiger partial charge in [-0.3, -0.25) is 4.57 Å². The lowest BCUT2D eigenvalue weighted by molar-refractivity contribution is -0.129. The normalized spacial score (nSPS) is 10.9. The summed E-state index contributed by atoms with van der Waals surface area (Å²) in [6.07, 6.45) is 4.71. The second kappa shape index (κ2) is 5.42. The van der Waals surface area contributed by atoms with Crippen molar-refractivity contribution < 1.29 is 9.53 Å². The van der Waals surface area contributed by atoms with Gasteiger partial charge in [-0.1, -0.05) is 6.58 Å². The van der Waals surface area contributed by atoms with Gasteiger partial charge in [-0.15, -0.1) is 0 Å². The molecule has 0 fully saturated rings. The van der Waals surface area contributed by atoms with E-state index < -0.39 is 5.97 Å². The van der Waals surface area contributed by atoms with E-state index in [-0.39, 0.29) is 0 Å². The Hall–Kier alpha value is -2.41. The SMILES string of the molecule is C=CC(=O)Oc1c(C)nn(C)c1-n1ccc2cc(Br)cnc21. The molecule has 0 bridgehead atoms. The molecule has 3 rings (SSSR count). The minimum atomic E-state index is -0.524. The summed E-state index contributed by atoms with van der Waals surface area (Å²) in [5.41, 5.74) is 1.37. The van der Waals surface area contributed by atoms with Crippen molar-refractivity contribution in [1.29, 1.82) is 0 Å². The Labute approximate surface area is 135 Å². The van der Waals surface area contributed by atoms with Gasteiger partial charge in [0.15, 0.2) is 11.6 Å². The predicted octanol–water partition coefficient (Wildman–Crippen LogP) is 2.92. The number of pyridine rings is 1. The molecule has 3 heterocycles. The third-order valence-electron chi connectivity index (χ3n) is 3.23. The van der Waals surface area contributed by atoms with E-state index in [1.165, 1.54) is 0 Å². The predicted molar refractivity (Wildman–Crippen MR) is 86.1 cm³/mol. The van der Waals surface area contributed by atoms with Crippen molar-refractivity contribution in [2.45, 2.75) is 6.92 Å². The molecule has 0 amide bonds. The number of rotatable bonds is 3. The molecule has 0 aromatic carbocycles. The summed E-state index contributed by atoms with van der Waals surface area (Å²) in [7, 11) is 1.79. The number of esters is 1. The van der Waals surface area contributed by atoms with Gasteiger partial charge in [-0.2, -0.15) is 5.10 Å². The number of carbonyl (C=O) groups excluding carboxylic acids is 1. The van der Waals surface area contributed by atoms with E-state index in [2.05, 4.69) is 32.6 Å². The summed E-state index contributed by atoms with van der Waals surface area (Å²) in [5.74, 6) is 0.511. The molecule has 0 atom stereocenters. The number of aromatic nitrogens is 4. The molecule has 0 aliphatic carbocycles. The molecule has 3 aromatic heterocycles. The van der Waals surface area contributed by atoms with Crippen LogP contribution in [0.2, 0.25) is 0 Å². The van der Waals surface area contributed by atoms with E-state index in [4.69, 9.17) is 4.74 Å². The molecule has 0 radical (unpaired) electrons. The molecule has 0 aliphatic rings. The zero-order valence-electron chi connectivity index (χ0n) is 12.1. The Kier molecular flexibility index (Phi) is 3.58. The van der Waals surface area contributed by atoms with Crippen LogP contribution in [0.15, 0.2) is 41.7 Å². The maximum Gasteiger partial charge on any atom is 0.335 e. The molecule has 22 heavy (non-hydrogen) atoms. The Balaban J connectivity index is 2.22. The molecule has 112 valence electrons. The number of hydrogen-bond donors (Lipinski definition) is 0. The molecule has 3 aromatic rings. The summed E-state index contributed by atoms with van der Waals surface area (Å²) >= 11 is 3.40. The lowest BCUT2D eigenvalue weighted by Crippen LogP contribution is -2.08. The van der Waals surface area contributed by atoms with E-state index >= 15 is 0 Å². The fourth-order valence-electron chi connectivity index (χ4n) is 2.32. The van der Waals surface area contributed by atoms with Crippen molar-refractivity contribution in [2.75, 3.05) is 0 Å². The van der Waals surface area contributed by atoms with Crippen LogP contribution in [-0.4, -0.2) is 25.3 Å². The number of hydrogen-bond acceptors (Lipinski definition) is 4. The lowest BCUT2D eigenvalue weighted by Gasteiger charge is -2.08. The Morgan fingerprint density at radius 2 is 2.27 bits per heavy atom. The van der Waals surface area contributed by atoms with E-state index in [0.29, 0.717) is 17.3 Å². The van der Waals surface area contributed by atoms with Gasteiger partial charge in [0.05, 0.1) is 0 Å². The van der Waals surface area contributed by atoms with Gasteiger partial charge < -0.3 is 4.74 Å². The van der Waals surface area contributed by atoms with Crippen molar-refractivity contribution in [1.82, 2.24) is 19.3 Å². The number of nitrogens with zero attached hydrogens (tertiary/aromatic N) is 4. The molecule has 0 saturated carbocycles. The first kappa shape index (κ1) is 14.5. The summed E-state index contributed by atoms with van der Waals surface area (Å²) in [6.45, 7) is 5.20. The van der Waals surface area contributed by atoms with E-state index in [0.717, 1.165) is 21.6 Å². The molecular formula is C15H13BrN4O2. The van der Waals surface area contributed by atoms with Gasteiger partial charge in [0.1, 0.15) is 11.3 Å². The van der Waals surface area contributed by atoms with Crippen molar-refractivity contribution in [3.63, 3.8) is 0 Å². The molecular weight excluding hydrogens is 348 g/mol. The van der Waals surface area contributed by atoms with Gasteiger partial charge >= 0.3 is 5.97 Å². The molecule has 0 saturated heterocycles. The topological polar surface area (TPSA) is 61.9 Å². The van der Waals surface area contributed by atoms with Crippen LogP contribution in [0.4, 0.5) is 0 Å². The van der Waals surface area contributed by atoms with E-state index in [1.54, 1.807) is 24.9 Å². The number of aryl methyl sites for hydroxylation is 2. The molecule has 0 aliphatic heterocycles. The highest BCUT2D eigenvalue weighted by Crippen LogP contribution is 2.30. The second-order valence-electron chi connectivity index (χ2n) is 4.74. The monoisotopic (exact) mass is 360 g/mol. The number of halogens is 1. The minimum absolute atomic E-state index is 0.398. The van der Waals surface area contributed by atoms with Crippen LogP contribution < -0.4 is 4.74 Å². The van der Waals surface area contributed by atoms with Crippen LogP contribution in [0.25, 0.3) is 16.9 Å². The lowest BCUT2D eigenvalue weighted by atomic mass is 10.3. The molecule has 0 N–H and O–H groups in total. The summed E-state index contributed by atoms with van der Waals surface area (Å²) in [5, 5.41) is 5.29. The van der Waals surface area contributed by atoms with Gasteiger partial charge in [0.2, 0.25) is 0 Å². The highest BCUT2D eigenvalue weighted by Gasteiger charge is 2.20. The Morgan fingerprint density at radius 3 is 3.00 bits per heavy atom. The third-order valence-corrected chi connectivity index (χ3v) is 3.66. The molecule has 6 nitrogen and oxygen atoms in total. The second-order valence-corrected chi connectivity index (χ2v) is 5.65. The number of ether oxygens (including phenoxy) is 1. The minimum Gasteiger partial charge on any atom is -0.417 e. The smallest absolute Gasteiger partial charge is 0.335 e. The van der Waals surface area contributed by atoms with Crippen LogP contribution in [-0.2, 0) is 11.8 Å². The van der Waals surface area contributed by atoms with Crippen molar-refractivity contribution in [3.05, 3.63) is 47.3 Å². The number of fused-ring (bicyclic) bond motifs is 1. The van der Waals surface area contributed by atoms with Crippen molar-refractivity contribution >= 4 is 32.9 Å². The van der Waals surface area contributed by atoms with Gasteiger partial charge in [0, 0.05) is 35.4 Å². The van der Waals surface area contributed by atoms with Crippen molar-refractivity contribution in [2.24, 2.45) is 7.05 Å². The largest absolute Gasteiger partial charge is 0.417 e. The average molecular weight is 361 g/mol. The van der Waals surface area contributed by atoms with Crippen LogP contribution in [0.1, 0.15) is 5.69 Å². The number of carbonyl (C=O) groups is 1. The third kappa shape index (κ3) is 2.33. The summed E-state index contributed by atoms with van der Waals surface area (Å²) < 4.78 is 9.74. The Bertz CT molecular complexity index is 894. The van der Waals surface area contributed by atoms with Gasteiger partial charge in [-0.05, 0) is 35.0 Å². The maximum atomic E-state index is 11.6. The summed E-state index contributed by atoms with van der Waals surface area (Å²) in [4.78, 5) is 16.0. The van der Waals surface area contributed by atoms with Crippen LogP contribution in [0.3, 0.4) is 0 Å². The van der Waals surface area contributed by atoms with E-state index in [1.807, 2.05) is 22.9 Å².